The van der Waals surface area contributed by atoms with Gasteiger partial charge in [-0.05, 0) is 12.6 Å². The summed E-state index contributed by atoms with van der Waals surface area (Å²) in [5.74, 6) is 0.460. The zero-order valence-corrected chi connectivity index (χ0v) is 11.3. The summed E-state index contributed by atoms with van der Waals surface area (Å²) >= 11 is 0. The molecule has 7 heteroatoms. The average molecular weight is 283 g/mol. The van der Waals surface area contributed by atoms with Crippen LogP contribution < -0.4 is 24.7 Å². The van der Waals surface area contributed by atoms with E-state index >= 15 is 0 Å². The molecule has 20 heavy (non-hydrogen) atoms. The van der Waals surface area contributed by atoms with E-state index in [1.807, 2.05) is 0 Å². The van der Waals surface area contributed by atoms with Gasteiger partial charge in [0, 0.05) is 11.5 Å². The van der Waals surface area contributed by atoms with Crippen LogP contribution in [0.15, 0.2) is 6.07 Å². The van der Waals surface area contributed by atoms with Gasteiger partial charge in [0.25, 0.3) is 0 Å². The number of carbonyl (C=O) groups is 1. The predicted molar refractivity (Wildman–Crippen MR) is 69.7 cm³/mol. The van der Waals surface area contributed by atoms with Crippen LogP contribution in [-0.4, -0.2) is 38.6 Å². The molecule has 0 unspecified atom stereocenters. The molecule has 1 aromatic carbocycles. The Morgan fingerprint density at radius 3 is 2.65 bits per heavy atom. The normalized spacial score (nSPS) is 13.9. The maximum absolute atomic E-state index is 10.9. The molecule has 0 spiro atoms. The van der Waals surface area contributed by atoms with Crippen molar-refractivity contribution in [3.8, 4) is 23.0 Å². The van der Waals surface area contributed by atoms with Crippen LogP contribution in [0.25, 0.3) is 0 Å². The van der Waals surface area contributed by atoms with Crippen molar-refractivity contribution >= 4 is 5.97 Å². The van der Waals surface area contributed by atoms with Gasteiger partial charge in [-0.15, -0.1) is 0 Å². The van der Waals surface area contributed by atoms with E-state index in [-0.39, 0.29) is 19.8 Å². The van der Waals surface area contributed by atoms with Crippen LogP contribution >= 0.6 is 0 Å². The fraction of sp³-hybridized carbons (Fsp3) is 0.462. The Morgan fingerprint density at radius 2 is 2.10 bits per heavy atom. The molecule has 0 bridgehead atoms. The van der Waals surface area contributed by atoms with E-state index < -0.39 is 11.9 Å². The van der Waals surface area contributed by atoms with E-state index in [0.717, 1.165) is 0 Å². The molecule has 1 atom stereocenters. The summed E-state index contributed by atoms with van der Waals surface area (Å²) in [6.45, 7) is 0.239. The Hall–Kier alpha value is -2.15. The van der Waals surface area contributed by atoms with Gasteiger partial charge < -0.3 is 29.8 Å². The molecule has 7 nitrogen and oxygen atoms in total. The van der Waals surface area contributed by atoms with E-state index in [2.05, 4.69) is 0 Å². The largest absolute Gasteiger partial charge is 0.493 e. The molecule has 1 aliphatic heterocycles. The predicted octanol–water partition coefficient (Wildman–Crippen LogP) is 0.949. The van der Waals surface area contributed by atoms with Gasteiger partial charge in [0.1, 0.15) is 0 Å². The molecule has 1 aromatic rings. The smallest absolute Gasteiger partial charge is 0.304 e. The lowest BCUT2D eigenvalue weighted by Gasteiger charge is -2.19. The fourth-order valence-electron chi connectivity index (χ4n) is 2.23. The Kier molecular flexibility index (Phi) is 4.19. The van der Waals surface area contributed by atoms with Crippen LogP contribution in [0.4, 0.5) is 0 Å². The fourth-order valence-corrected chi connectivity index (χ4v) is 2.23. The third-order valence-corrected chi connectivity index (χ3v) is 3.16. The molecule has 2 rings (SSSR count). The Labute approximate surface area is 116 Å². The van der Waals surface area contributed by atoms with E-state index in [0.29, 0.717) is 28.6 Å². The zero-order chi connectivity index (χ0) is 14.7. The van der Waals surface area contributed by atoms with E-state index in [1.165, 1.54) is 14.2 Å². The quantitative estimate of drug-likeness (QED) is 0.801. The van der Waals surface area contributed by atoms with Crippen LogP contribution in [-0.2, 0) is 4.79 Å². The van der Waals surface area contributed by atoms with Gasteiger partial charge in [-0.1, -0.05) is 0 Å². The number of hydrogen-bond donors (Lipinski definition) is 2. The summed E-state index contributed by atoms with van der Waals surface area (Å²) in [6.07, 6.45) is -0.102. The number of aliphatic carboxylic acids is 1. The molecule has 0 amide bonds. The average Bonchev–Trinajstić information content (AvgIpc) is 2.92. The number of hydrogen-bond acceptors (Lipinski definition) is 6. The van der Waals surface area contributed by atoms with E-state index in [1.54, 1.807) is 6.07 Å². The van der Waals surface area contributed by atoms with Crippen LogP contribution in [0.2, 0.25) is 0 Å². The molecule has 1 heterocycles. The number of carboxylic acid groups (broad SMARTS) is 1. The van der Waals surface area contributed by atoms with Gasteiger partial charge in [-0.2, -0.15) is 0 Å². The third-order valence-electron chi connectivity index (χ3n) is 3.16. The van der Waals surface area contributed by atoms with Gasteiger partial charge in [-0.25, -0.2) is 0 Å². The minimum atomic E-state index is -0.931. The SMILES string of the molecule is COc1cc([C@H](CN)CC(=O)O)c(OC)c2c1OCO2. The first kappa shape index (κ1) is 14.3. The first-order valence-corrected chi connectivity index (χ1v) is 6.08. The van der Waals surface area contributed by atoms with Crippen LogP contribution in [0.3, 0.4) is 0 Å². The van der Waals surface area contributed by atoms with Gasteiger partial charge in [0.2, 0.25) is 18.3 Å². The third kappa shape index (κ3) is 2.44. The highest BCUT2D eigenvalue weighted by molar-refractivity contribution is 5.70. The Bertz CT molecular complexity index is 516. The lowest BCUT2D eigenvalue weighted by atomic mass is 9.94. The lowest BCUT2D eigenvalue weighted by Crippen LogP contribution is -2.17. The summed E-state index contributed by atoms with van der Waals surface area (Å²) in [4.78, 5) is 10.9. The molecule has 0 fully saturated rings. The standard InChI is InChI=1S/C13H17NO6/c1-17-9-4-8(7(5-14)3-10(15)16)11(18-2)13-12(9)19-6-20-13/h4,7H,3,5-6,14H2,1-2H3,(H,15,16)/t7-/m0/s1. The summed E-state index contributed by atoms with van der Waals surface area (Å²) in [5.41, 5.74) is 6.32. The maximum Gasteiger partial charge on any atom is 0.304 e. The Morgan fingerprint density at radius 1 is 1.40 bits per heavy atom. The van der Waals surface area contributed by atoms with Crippen molar-refractivity contribution in [1.29, 1.82) is 0 Å². The minimum Gasteiger partial charge on any atom is -0.493 e. The van der Waals surface area contributed by atoms with Crippen molar-refractivity contribution in [1.82, 2.24) is 0 Å². The second-order valence-electron chi connectivity index (χ2n) is 4.30. The second-order valence-corrected chi connectivity index (χ2v) is 4.30. The summed E-state index contributed by atoms with van der Waals surface area (Å²) in [5, 5.41) is 8.98. The first-order chi connectivity index (χ1) is 9.62. The number of fused-ring (bicyclic) bond motifs is 1. The second kappa shape index (κ2) is 5.87. The molecule has 3 N–H and O–H groups in total. The summed E-state index contributed by atoms with van der Waals surface area (Å²) in [7, 11) is 2.99. The number of ether oxygens (including phenoxy) is 4. The van der Waals surface area contributed by atoms with Crippen molar-refractivity contribution in [2.24, 2.45) is 5.73 Å². The van der Waals surface area contributed by atoms with Crippen LogP contribution in [0, 0.1) is 0 Å². The van der Waals surface area contributed by atoms with Crippen molar-refractivity contribution in [3.05, 3.63) is 11.6 Å². The summed E-state index contributed by atoms with van der Waals surface area (Å²) in [6, 6.07) is 1.69. The lowest BCUT2D eigenvalue weighted by molar-refractivity contribution is -0.137. The minimum absolute atomic E-state index is 0.0672. The van der Waals surface area contributed by atoms with Crippen molar-refractivity contribution < 1.29 is 28.8 Å². The van der Waals surface area contributed by atoms with Gasteiger partial charge in [0.05, 0.1) is 20.6 Å². The molecule has 0 aliphatic carbocycles. The number of benzene rings is 1. The van der Waals surface area contributed by atoms with Crippen LogP contribution in [0.1, 0.15) is 17.9 Å². The van der Waals surface area contributed by atoms with Crippen LogP contribution in [0.5, 0.6) is 23.0 Å². The molecular formula is C13H17NO6. The molecule has 0 saturated heterocycles. The highest BCUT2D eigenvalue weighted by Crippen LogP contribution is 2.51. The molecule has 1 aliphatic rings. The molecule has 0 aromatic heterocycles. The summed E-state index contributed by atoms with van der Waals surface area (Å²) < 4.78 is 21.3. The van der Waals surface area contributed by atoms with Crippen molar-refractivity contribution in [3.63, 3.8) is 0 Å². The first-order valence-electron chi connectivity index (χ1n) is 6.08. The van der Waals surface area contributed by atoms with Crippen molar-refractivity contribution in [2.45, 2.75) is 12.3 Å². The van der Waals surface area contributed by atoms with Gasteiger partial charge in [-0.3, -0.25) is 4.79 Å². The van der Waals surface area contributed by atoms with Gasteiger partial charge in [0.15, 0.2) is 11.5 Å². The molecular weight excluding hydrogens is 266 g/mol. The molecule has 0 saturated carbocycles. The number of methoxy groups -OCH3 is 2. The van der Waals surface area contributed by atoms with E-state index in [9.17, 15) is 4.79 Å². The number of carboxylic acids is 1. The number of rotatable bonds is 6. The highest BCUT2D eigenvalue weighted by atomic mass is 16.7. The monoisotopic (exact) mass is 283 g/mol. The number of nitrogens with two attached hydrogens (primary N) is 1. The zero-order valence-electron chi connectivity index (χ0n) is 11.3. The Balaban J connectivity index is 2.53. The topological polar surface area (TPSA) is 100 Å². The maximum atomic E-state index is 10.9. The molecule has 0 radical (unpaired) electrons. The molecule has 110 valence electrons. The van der Waals surface area contributed by atoms with Gasteiger partial charge >= 0.3 is 5.97 Å². The van der Waals surface area contributed by atoms with Crippen molar-refractivity contribution in [2.75, 3.05) is 27.6 Å². The van der Waals surface area contributed by atoms with E-state index in [4.69, 9.17) is 29.8 Å². The highest BCUT2D eigenvalue weighted by Gasteiger charge is 2.30.